The Hall–Kier alpha value is -0.650. The summed E-state index contributed by atoms with van der Waals surface area (Å²) >= 11 is 0. The van der Waals surface area contributed by atoms with Crippen molar-refractivity contribution in [2.24, 2.45) is 0 Å². The molecule has 0 saturated carbocycles. The second kappa shape index (κ2) is 5.99. The highest BCUT2D eigenvalue weighted by atomic mass is 16.5. The zero-order valence-corrected chi connectivity index (χ0v) is 11.3. The molecular formula is C13H23NO4. The summed E-state index contributed by atoms with van der Waals surface area (Å²) < 4.78 is 16.1. The van der Waals surface area contributed by atoms with Crippen LogP contribution in [0.25, 0.3) is 0 Å². The quantitative estimate of drug-likeness (QED) is 0.701. The molecule has 0 N–H and O–H groups in total. The Balaban J connectivity index is 1.91. The number of ether oxygens (including phenoxy) is 3. The predicted molar refractivity (Wildman–Crippen MR) is 66.4 cm³/mol. The second-order valence-corrected chi connectivity index (χ2v) is 5.28. The largest absolute Gasteiger partial charge is 0.468 e. The molecule has 5 nitrogen and oxygen atoms in total. The first kappa shape index (κ1) is 13.8. The highest BCUT2D eigenvalue weighted by molar-refractivity contribution is 5.71. The van der Waals surface area contributed by atoms with Gasteiger partial charge in [-0.25, -0.2) is 0 Å². The van der Waals surface area contributed by atoms with E-state index in [0.29, 0.717) is 12.6 Å². The van der Waals surface area contributed by atoms with E-state index in [0.717, 1.165) is 45.5 Å². The van der Waals surface area contributed by atoms with E-state index in [9.17, 15) is 4.79 Å². The average molecular weight is 257 g/mol. The minimum Gasteiger partial charge on any atom is -0.468 e. The van der Waals surface area contributed by atoms with Gasteiger partial charge >= 0.3 is 5.97 Å². The third-order valence-electron chi connectivity index (χ3n) is 4.10. The molecule has 2 aliphatic heterocycles. The van der Waals surface area contributed by atoms with Crippen molar-refractivity contribution in [1.29, 1.82) is 0 Å². The van der Waals surface area contributed by atoms with Gasteiger partial charge in [-0.3, -0.25) is 9.69 Å². The third kappa shape index (κ3) is 3.22. The van der Waals surface area contributed by atoms with Crippen LogP contribution in [0.5, 0.6) is 0 Å². The van der Waals surface area contributed by atoms with Gasteiger partial charge in [0.05, 0.1) is 19.3 Å². The Kier molecular flexibility index (Phi) is 4.59. The van der Waals surface area contributed by atoms with E-state index in [1.54, 1.807) is 0 Å². The Bertz CT molecular complexity index is 283. The number of hydrogen-bond acceptors (Lipinski definition) is 5. The molecule has 2 aliphatic rings. The molecule has 2 heterocycles. The van der Waals surface area contributed by atoms with Crippen LogP contribution in [0.2, 0.25) is 0 Å². The number of hydrogen-bond donors (Lipinski definition) is 0. The lowest BCUT2D eigenvalue weighted by atomic mass is 9.83. The molecule has 2 fully saturated rings. The minimum atomic E-state index is -0.176. The van der Waals surface area contributed by atoms with Gasteiger partial charge in [0, 0.05) is 25.9 Å². The van der Waals surface area contributed by atoms with Crippen LogP contribution in [0.1, 0.15) is 25.7 Å². The summed E-state index contributed by atoms with van der Waals surface area (Å²) in [6, 6.07) is 0.399. The van der Waals surface area contributed by atoms with Gasteiger partial charge in [-0.1, -0.05) is 0 Å². The summed E-state index contributed by atoms with van der Waals surface area (Å²) in [5, 5.41) is 0. The molecule has 1 atom stereocenters. The second-order valence-electron chi connectivity index (χ2n) is 5.28. The molecule has 0 amide bonds. The van der Waals surface area contributed by atoms with E-state index in [1.165, 1.54) is 7.11 Å². The van der Waals surface area contributed by atoms with Gasteiger partial charge in [-0.05, 0) is 32.7 Å². The molecule has 2 rings (SSSR count). The summed E-state index contributed by atoms with van der Waals surface area (Å²) in [5.41, 5.74) is -0.0223. The van der Waals surface area contributed by atoms with Crippen molar-refractivity contribution < 1.29 is 19.0 Å². The Labute approximate surface area is 108 Å². The number of rotatable bonds is 3. The van der Waals surface area contributed by atoms with Gasteiger partial charge in [0.25, 0.3) is 0 Å². The Morgan fingerprint density at radius 2 is 2.11 bits per heavy atom. The van der Waals surface area contributed by atoms with Crippen molar-refractivity contribution in [3.05, 3.63) is 0 Å². The van der Waals surface area contributed by atoms with Gasteiger partial charge in [0.15, 0.2) is 0 Å². The van der Waals surface area contributed by atoms with Gasteiger partial charge in [0.2, 0.25) is 0 Å². The molecule has 2 saturated heterocycles. The summed E-state index contributed by atoms with van der Waals surface area (Å²) in [4.78, 5) is 13.4. The molecule has 1 unspecified atom stereocenters. The summed E-state index contributed by atoms with van der Waals surface area (Å²) in [6.45, 7) is 2.70. The topological polar surface area (TPSA) is 48.0 Å². The van der Waals surface area contributed by atoms with Gasteiger partial charge in [0.1, 0.15) is 0 Å². The normalized spacial score (nSPS) is 27.4. The van der Waals surface area contributed by atoms with Crippen molar-refractivity contribution in [1.82, 2.24) is 4.90 Å². The van der Waals surface area contributed by atoms with Gasteiger partial charge in [-0.2, -0.15) is 0 Å². The average Bonchev–Trinajstić information content (AvgIpc) is 2.39. The lowest BCUT2D eigenvalue weighted by Gasteiger charge is -2.45. The first-order chi connectivity index (χ1) is 8.65. The smallest absolute Gasteiger partial charge is 0.319 e. The number of nitrogens with zero attached hydrogens (tertiary/aromatic N) is 1. The monoisotopic (exact) mass is 257 g/mol. The van der Waals surface area contributed by atoms with E-state index in [1.807, 2.05) is 7.05 Å². The molecule has 104 valence electrons. The maximum Gasteiger partial charge on any atom is 0.319 e. The zero-order chi connectivity index (χ0) is 13.0. The number of carbonyl (C=O) groups excluding carboxylic acids is 1. The predicted octanol–water partition coefficient (Wildman–Crippen LogP) is 0.819. The molecule has 0 aromatic carbocycles. The van der Waals surface area contributed by atoms with E-state index in [4.69, 9.17) is 14.2 Å². The van der Waals surface area contributed by atoms with Crippen LogP contribution in [-0.2, 0) is 19.0 Å². The van der Waals surface area contributed by atoms with Gasteiger partial charge < -0.3 is 14.2 Å². The molecule has 1 spiro atoms. The van der Waals surface area contributed by atoms with Crippen LogP contribution in [-0.4, -0.2) is 63.0 Å². The van der Waals surface area contributed by atoms with Crippen LogP contribution in [0.15, 0.2) is 0 Å². The van der Waals surface area contributed by atoms with E-state index < -0.39 is 0 Å². The summed E-state index contributed by atoms with van der Waals surface area (Å²) in [7, 11) is 3.42. The summed E-state index contributed by atoms with van der Waals surface area (Å²) in [5.74, 6) is -0.176. The first-order valence-electron chi connectivity index (χ1n) is 6.64. The van der Waals surface area contributed by atoms with Crippen LogP contribution >= 0.6 is 0 Å². The lowest BCUT2D eigenvalue weighted by Crippen LogP contribution is -2.51. The maximum atomic E-state index is 11.3. The molecule has 18 heavy (non-hydrogen) atoms. The fourth-order valence-corrected chi connectivity index (χ4v) is 2.87. The van der Waals surface area contributed by atoms with Crippen molar-refractivity contribution in [2.45, 2.75) is 37.3 Å². The molecule has 0 aromatic heterocycles. The fraction of sp³-hybridized carbons (Fsp3) is 0.923. The highest BCUT2D eigenvalue weighted by Crippen LogP contribution is 2.35. The molecule has 0 aromatic rings. The number of carbonyl (C=O) groups is 1. The van der Waals surface area contributed by atoms with E-state index in [2.05, 4.69) is 4.90 Å². The summed E-state index contributed by atoms with van der Waals surface area (Å²) in [6.07, 6.45) is 3.91. The van der Waals surface area contributed by atoms with Crippen molar-refractivity contribution in [3.63, 3.8) is 0 Å². The molecule has 5 heteroatoms. The highest BCUT2D eigenvalue weighted by Gasteiger charge is 2.40. The lowest BCUT2D eigenvalue weighted by molar-refractivity contribution is -0.156. The van der Waals surface area contributed by atoms with Gasteiger partial charge in [-0.15, -0.1) is 0 Å². The van der Waals surface area contributed by atoms with Crippen LogP contribution in [0.4, 0.5) is 0 Å². The van der Waals surface area contributed by atoms with E-state index >= 15 is 0 Å². The Morgan fingerprint density at radius 3 is 2.78 bits per heavy atom. The van der Waals surface area contributed by atoms with Crippen molar-refractivity contribution in [2.75, 3.05) is 40.5 Å². The minimum absolute atomic E-state index is 0.0223. The van der Waals surface area contributed by atoms with Crippen molar-refractivity contribution in [3.8, 4) is 0 Å². The molecular weight excluding hydrogens is 234 g/mol. The third-order valence-corrected chi connectivity index (χ3v) is 4.10. The van der Waals surface area contributed by atoms with Crippen LogP contribution in [0.3, 0.4) is 0 Å². The van der Waals surface area contributed by atoms with E-state index in [-0.39, 0.29) is 11.6 Å². The molecule has 0 bridgehead atoms. The van der Waals surface area contributed by atoms with Crippen molar-refractivity contribution >= 4 is 5.97 Å². The number of esters is 1. The first-order valence-corrected chi connectivity index (χ1v) is 6.64. The fourth-order valence-electron chi connectivity index (χ4n) is 2.87. The van der Waals surface area contributed by atoms with Crippen LogP contribution in [0, 0.1) is 0 Å². The molecule has 0 radical (unpaired) electrons. The zero-order valence-electron chi connectivity index (χ0n) is 11.3. The maximum absolute atomic E-state index is 11.3. The SMILES string of the molecule is COC(=O)CN(C)C1CCOC2(CCOCC2)C1. The number of methoxy groups -OCH3 is 1. The standard InChI is InChI=1S/C13H23NO4/c1-14(10-12(15)16-2)11-3-6-18-13(9-11)4-7-17-8-5-13/h11H,3-10H2,1-2H3. The Morgan fingerprint density at radius 1 is 1.39 bits per heavy atom. The van der Waals surface area contributed by atoms with Crippen LogP contribution < -0.4 is 0 Å². The molecule has 0 aliphatic carbocycles. The number of likely N-dealkylation sites (N-methyl/N-ethyl adjacent to an activating group) is 1.